The van der Waals surface area contributed by atoms with E-state index in [-0.39, 0.29) is 0 Å². The molecule has 2 nitrogen and oxygen atoms in total. The van der Waals surface area contributed by atoms with E-state index in [4.69, 9.17) is 5.73 Å². The van der Waals surface area contributed by atoms with Crippen LogP contribution in [-0.4, -0.2) is 5.91 Å². The molecule has 1 aromatic rings. The van der Waals surface area contributed by atoms with Gasteiger partial charge in [0.05, 0.1) is 0 Å². The van der Waals surface area contributed by atoms with Gasteiger partial charge in [0, 0.05) is 6.08 Å². The first-order valence-electron chi connectivity index (χ1n) is 4.56. The van der Waals surface area contributed by atoms with Crippen LogP contribution < -0.4 is 5.73 Å². The lowest BCUT2D eigenvalue weighted by atomic mass is 10.0. The van der Waals surface area contributed by atoms with Crippen molar-refractivity contribution < 1.29 is 4.79 Å². The van der Waals surface area contributed by atoms with Crippen molar-refractivity contribution in [2.75, 3.05) is 0 Å². The van der Waals surface area contributed by atoms with Crippen LogP contribution in [0.25, 0.3) is 6.08 Å². The van der Waals surface area contributed by atoms with Crippen LogP contribution in [0.4, 0.5) is 0 Å². The van der Waals surface area contributed by atoms with Gasteiger partial charge < -0.3 is 5.73 Å². The minimum absolute atomic E-state index is 0.414. The standard InChI is InChI=1S/C12H15NO/c1-8-6-10(3)11(7-9(8)2)4-5-12(13)14/h4-7H,1-3H3,(H2,13,14)/b5-4+. The molecule has 1 amide bonds. The van der Waals surface area contributed by atoms with Crippen LogP contribution in [0.2, 0.25) is 0 Å². The highest BCUT2D eigenvalue weighted by atomic mass is 16.1. The molecule has 0 aromatic heterocycles. The molecule has 0 aliphatic carbocycles. The Bertz CT molecular complexity index is 392. The number of carbonyl (C=O) groups is 1. The molecule has 0 unspecified atom stereocenters. The second-order valence-electron chi connectivity index (χ2n) is 3.53. The van der Waals surface area contributed by atoms with Crippen molar-refractivity contribution in [3.05, 3.63) is 40.5 Å². The van der Waals surface area contributed by atoms with Gasteiger partial charge in [-0.25, -0.2) is 0 Å². The van der Waals surface area contributed by atoms with E-state index in [1.54, 1.807) is 6.08 Å². The summed E-state index contributed by atoms with van der Waals surface area (Å²) in [5.74, 6) is -0.414. The molecule has 0 saturated heterocycles. The first kappa shape index (κ1) is 10.5. The topological polar surface area (TPSA) is 43.1 Å². The molecule has 0 aliphatic rings. The molecule has 0 radical (unpaired) electrons. The number of nitrogens with two attached hydrogens (primary N) is 1. The maximum absolute atomic E-state index is 10.6. The third-order valence-corrected chi connectivity index (χ3v) is 2.31. The Balaban J connectivity index is 3.10. The Hall–Kier alpha value is -1.57. The summed E-state index contributed by atoms with van der Waals surface area (Å²) < 4.78 is 0. The zero-order valence-corrected chi connectivity index (χ0v) is 8.79. The van der Waals surface area contributed by atoms with Crippen molar-refractivity contribution in [3.8, 4) is 0 Å². The SMILES string of the molecule is Cc1cc(C)c(/C=C/C(N)=O)cc1C. The molecule has 0 fully saturated rings. The summed E-state index contributed by atoms with van der Waals surface area (Å²) in [6, 6.07) is 4.17. The second kappa shape index (κ2) is 4.09. The van der Waals surface area contributed by atoms with Gasteiger partial charge in [-0.05, 0) is 49.1 Å². The van der Waals surface area contributed by atoms with Gasteiger partial charge in [0.1, 0.15) is 0 Å². The quantitative estimate of drug-likeness (QED) is 0.711. The number of carbonyl (C=O) groups excluding carboxylic acids is 1. The third-order valence-electron chi connectivity index (χ3n) is 2.31. The van der Waals surface area contributed by atoms with Crippen LogP contribution in [0.3, 0.4) is 0 Å². The van der Waals surface area contributed by atoms with Crippen LogP contribution in [0.15, 0.2) is 18.2 Å². The average molecular weight is 189 g/mol. The van der Waals surface area contributed by atoms with E-state index in [0.717, 1.165) is 11.1 Å². The number of benzene rings is 1. The van der Waals surface area contributed by atoms with Crippen molar-refractivity contribution in [3.63, 3.8) is 0 Å². The highest BCUT2D eigenvalue weighted by Gasteiger charge is 1.98. The van der Waals surface area contributed by atoms with Gasteiger partial charge in [-0.1, -0.05) is 12.1 Å². The van der Waals surface area contributed by atoms with Gasteiger partial charge in [0.15, 0.2) is 0 Å². The molecule has 1 aromatic carbocycles. The molecule has 0 atom stereocenters. The van der Waals surface area contributed by atoms with Gasteiger partial charge in [0.2, 0.25) is 5.91 Å². The highest BCUT2D eigenvalue weighted by Crippen LogP contribution is 2.16. The van der Waals surface area contributed by atoms with Crippen LogP contribution >= 0.6 is 0 Å². The van der Waals surface area contributed by atoms with E-state index in [1.807, 2.05) is 6.92 Å². The van der Waals surface area contributed by atoms with Gasteiger partial charge in [0.25, 0.3) is 0 Å². The van der Waals surface area contributed by atoms with Gasteiger partial charge >= 0.3 is 0 Å². The smallest absolute Gasteiger partial charge is 0.241 e. The zero-order chi connectivity index (χ0) is 10.7. The molecule has 0 bridgehead atoms. The first-order valence-corrected chi connectivity index (χ1v) is 4.56. The minimum Gasteiger partial charge on any atom is -0.366 e. The van der Waals surface area contributed by atoms with Crippen molar-refractivity contribution in [1.82, 2.24) is 0 Å². The maximum atomic E-state index is 10.6. The third kappa shape index (κ3) is 2.46. The fourth-order valence-corrected chi connectivity index (χ4v) is 1.33. The summed E-state index contributed by atoms with van der Waals surface area (Å²) in [4.78, 5) is 10.6. The number of hydrogen-bond acceptors (Lipinski definition) is 1. The second-order valence-corrected chi connectivity index (χ2v) is 3.53. The zero-order valence-electron chi connectivity index (χ0n) is 8.79. The van der Waals surface area contributed by atoms with Crippen molar-refractivity contribution >= 4 is 12.0 Å². The Labute approximate surface area is 84.4 Å². The van der Waals surface area contributed by atoms with Crippen LogP contribution in [0.5, 0.6) is 0 Å². The number of primary amides is 1. The van der Waals surface area contributed by atoms with E-state index in [9.17, 15) is 4.79 Å². The van der Waals surface area contributed by atoms with E-state index in [1.165, 1.54) is 17.2 Å². The largest absolute Gasteiger partial charge is 0.366 e. The summed E-state index contributed by atoms with van der Waals surface area (Å²) in [6.45, 7) is 6.15. The van der Waals surface area contributed by atoms with E-state index < -0.39 is 5.91 Å². The molecule has 0 aliphatic heterocycles. The number of rotatable bonds is 2. The van der Waals surface area contributed by atoms with Gasteiger partial charge in [-0.2, -0.15) is 0 Å². The molecule has 0 heterocycles. The summed E-state index contributed by atoms with van der Waals surface area (Å²) >= 11 is 0. The molecule has 0 saturated carbocycles. The Morgan fingerprint density at radius 3 is 2.29 bits per heavy atom. The van der Waals surface area contributed by atoms with Crippen LogP contribution in [0, 0.1) is 20.8 Å². The molecule has 14 heavy (non-hydrogen) atoms. The molecular weight excluding hydrogens is 174 g/mol. The predicted octanol–water partition coefficient (Wildman–Crippen LogP) is 2.11. The van der Waals surface area contributed by atoms with E-state index in [2.05, 4.69) is 26.0 Å². The fraction of sp³-hybridized carbons (Fsp3) is 0.250. The first-order chi connectivity index (χ1) is 6.50. The summed E-state index contributed by atoms with van der Waals surface area (Å²) in [5, 5.41) is 0. The minimum atomic E-state index is -0.414. The summed E-state index contributed by atoms with van der Waals surface area (Å²) in [6.07, 6.45) is 3.14. The summed E-state index contributed by atoms with van der Waals surface area (Å²) in [7, 11) is 0. The Morgan fingerprint density at radius 1 is 1.14 bits per heavy atom. The number of aryl methyl sites for hydroxylation is 3. The van der Waals surface area contributed by atoms with Crippen molar-refractivity contribution in [2.24, 2.45) is 5.73 Å². The predicted molar refractivity (Wildman–Crippen MR) is 58.9 cm³/mol. The lowest BCUT2D eigenvalue weighted by Crippen LogP contribution is -2.05. The molecule has 74 valence electrons. The van der Waals surface area contributed by atoms with E-state index >= 15 is 0 Å². The number of hydrogen-bond donors (Lipinski definition) is 1. The van der Waals surface area contributed by atoms with Crippen molar-refractivity contribution in [2.45, 2.75) is 20.8 Å². The monoisotopic (exact) mass is 189 g/mol. The van der Waals surface area contributed by atoms with Crippen molar-refractivity contribution in [1.29, 1.82) is 0 Å². The molecule has 2 heteroatoms. The number of amides is 1. The van der Waals surface area contributed by atoms with Gasteiger partial charge in [-0.3, -0.25) is 4.79 Å². The van der Waals surface area contributed by atoms with Crippen LogP contribution in [-0.2, 0) is 4.79 Å². The molecule has 1 rings (SSSR count). The molecule has 2 N–H and O–H groups in total. The van der Waals surface area contributed by atoms with E-state index in [0.29, 0.717) is 0 Å². The lowest BCUT2D eigenvalue weighted by Gasteiger charge is -2.05. The average Bonchev–Trinajstić information content (AvgIpc) is 2.09. The fourth-order valence-electron chi connectivity index (χ4n) is 1.33. The lowest BCUT2D eigenvalue weighted by molar-refractivity contribution is -0.113. The molecule has 0 spiro atoms. The Kier molecular flexibility index (Phi) is 3.07. The van der Waals surface area contributed by atoms with Crippen LogP contribution in [0.1, 0.15) is 22.3 Å². The Morgan fingerprint density at radius 2 is 1.71 bits per heavy atom. The summed E-state index contributed by atoms with van der Waals surface area (Å²) in [5.41, 5.74) is 9.72. The van der Waals surface area contributed by atoms with Gasteiger partial charge in [-0.15, -0.1) is 0 Å². The highest BCUT2D eigenvalue weighted by molar-refractivity contribution is 5.90. The normalized spacial score (nSPS) is 10.8. The maximum Gasteiger partial charge on any atom is 0.241 e. The molecular formula is C12H15NO.